The van der Waals surface area contributed by atoms with Crippen LogP contribution in [0.4, 0.5) is 11.6 Å². The molecule has 8 nitrogen and oxygen atoms in total. The first-order chi connectivity index (χ1) is 13.7. The van der Waals surface area contributed by atoms with E-state index in [1.807, 2.05) is 43.6 Å². The summed E-state index contributed by atoms with van der Waals surface area (Å²) in [5.41, 5.74) is 10.2. The zero-order valence-electron chi connectivity index (χ0n) is 18.1. The van der Waals surface area contributed by atoms with Gasteiger partial charge in [-0.15, -0.1) is 0 Å². The normalized spacial score (nSPS) is 19.9. The predicted octanol–water partition coefficient (Wildman–Crippen LogP) is 2.09. The van der Waals surface area contributed by atoms with E-state index in [1.54, 1.807) is 6.33 Å². The lowest BCUT2D eigenvalue weighted by Crippen LogP contribution is -2.38. The second-order valence-corrected chi connectivity index (χ2v) is 8.05. The Balaban J connectivity index is 1.87. The Hall–Kier alpha value is -2.90. The number of dihydropyridines is 1. The van der Waals surface area contributed by atoms with Crippen LogP contribution in [0.25, 0.3) is 11.0 Å². The first kappa shape index (κ1) is 20.8. The van der Waals surface area contributed by atoms with Gasteiger partial charge in [-0.1, -0.05) is 13.0 Å². The van der Waals surface area contributed by atoms with Gasteiger partial charge < -0.3 is 20.5 Å². The number of anilines is 2. The van der Waals surface area contributed by atoms with Crippen molar-refractivity contribution in [3.8, 4) is 0 Å². The highest BCUT2D eigenvalue weighted by atomic mass is 16.1. The van der Waals surface area contributed by atoms with Gasteiger partial charge in [0.2, 0.25) is 5.91 Å². The molecule has 2 aromatic heterocycles. The fraction of sp³-hybridized carbons (Fsp3) is 0.524. The summed E-state index contributed by atoms with van der Waals surface area (Å²) < 4.78 is 2.01. The second kappa shape index (κ2) is 8.23. The molecule has 0 radical (unpaired) electrons. The van der Waals surface area contributed by atoms with E-state index in [1.165, 1.54) is 6.92 Å². The molecule has 8 heteroatoms. The Morgan fingerprint density at radius 2 is 2.14 bits per heavy atom. The zero-order chi connectivity index (χ0) is 21.3. The van der Waals surface area contributed by atoms with Crippen molar-refractivity contribution >= 4 is 34.3 Å². The molecule has 29 heavy (non-hydrogen) atoms. The van der Waals surface area contributed by atoms with Gasteiger partial charge in [-0.2, -0.15) is 0 Å². The monoisotopic (exact) mass is 397 g/mol. The van der Waals surface area contributed by atoms with Crippen LogP contribution in [0.1, 0.15) is 32.8 Å². The number of aliphatic imine (C=N–C) groups is 1. The van der Waals surface area contributed by atoms with E-state index in [9.17, 15) is 4.79 Å². The SMILES string of the molecule is CC(=O)NC(C)C1=NC(CCc2c(N)nc(N(C)C)c3ncn(C)c23)C(C)C=C1. The molecule has 3 atom stereocenters. The largest absolute Gasteiger partial charge is 0.383 e. The number of rotatable bonds is 6. The number of imidazole rings is 1. The van der Waals surface area contributed by atoms with E-state index in [0.717, 1.165) is 41.0 Å². The maximum Gasteiger partial charge on any atom is 0.217 e. The minimum atomic E-state index is -0.103. The summed E-state index contributed by atoms with van der Waals surface area (Å²) in [5, 5.41) is 2.91. The average molecular weight is 398 g/mol. The van der Waals surface area contributed by atoms with Crippen LogP contribution in [0.2, 0.25) is 0 Å². The molecule has 2 aromatic rings. The van der Waals surface area contributed by atoms with E-state index in [-0.39, 0.29) is 18.0 Å². The molecular weight excluding hydrogens is 366 g/mol. The van der Waals surface area contributed by atoms with E-state index in [2.05, 4.69) is 28.3 Å². The fourth-order valence-corrected chi connectivity index (χ4v) is 3.85. The fourth-order valence-electron chi connectivity index (χ4n) is 3.85. The van der Waals surface area contributed by atoms with Gasteiger partial charge in [0.25, 0.3) is 0 Å². The lowest BCUT2D eigenvalue weighted by Gasteiger charge is -2.25. The molecule has 3 N–H and O–H groups in total. The number of hydrogen-bond donors (Lipinski definition) is 2. The molecule has 1 aliphatic rings. The predicted molar refractivity (Wildman–Crippen MR) is 118 cm³/mol. The summed E-state index contributed by atoms with van der Waals surface area (Å²) in [5.74, 6) is 1.59. The summed E-state index contributed by atoms with van der Waals surface area (Å²) in [6, 6.07) is 0.0241. The highest BCUT2D eigenvalue weighted by Crippen LogP contribution is 2.31. The summed E-state index contributed by atoms with van der Waals surface area (Å²) >= 11 is 0. The lowest BCUT2D eigenvalue weighted by atomic mass is 9.91. The Bertz CT molecular complexity index is 973. The van der Waals surface area contributed by atoms with Gasteiger partial charge in [0.1, 0.15) is 11.3 Å². The Labute approximate surface area is 171 Å². The van der Waals surface area contributed by atoms with Crippen molar-refractivity contribution in [2.24, 2.45) is 18.0 Å². The first-order valence-electron chi connectivity index (χ1n) is 9.98. The number of nitrogens with zero attached hydrogens (tertiary/aromatic N) is 5. The number of carbonyl (C=O) groups is 1. The zero-order valence-corrected chi connectivity index (χ0v) is 18.1. The van der Waals surface area contributed by atoms with Gasteiger partial charge in [0, 0.05) is 33.6 Å². The molecule has 0 aromatic carbocycles. The molecular formula is C21H31N7O. The molecule has 0 saturated carbocycles. The second-order valence-electron chi connectivity index (χ2n) is 8.05. The van der Waals surface area contributed by atoms with Crippen molar-refractivity contribution in [3.05, 3.63) is 24.0 Å². The Morgan fingerprint density at radius 3 is 2.79 bits per heavy atom. The molecule has 3 rings (SSSR count). The molecule has 3 heterocycles. The third-order valence-corrected chi connectivity index (χ3v) is 5.44. The summed E-state index contributed by atoms with van der Waals surface area (Å²) in [7, 11) is 5.87. The van der Waals surface area contributed by atoms with Crippen molar-refractivity contribution in [1.82, 2.24) is 19.9 Å². The quantitative estimate of drug-likeness (QED) is 0.777. The van der Waals surface area contributed by atoms with Crippen molar-refractivity contribution in [3.63, 3.8) is 0 Å². The molecule has 0 aliphatic carbocycles. The number of aromatic nitrogens is 3. The van der Waals surface area contributed by atoms with Gasteiger partial charge in [-0.3, -0.25) is 9.79 Å². The third-order valence-electron chi connectivity index (χ3n) is 5.44. The molecule has 1 amide bonds. The van der Waals surface area contributed by atoms with Gasteiger partial charge in [0.15, 0.2) is 5.82 Å². The summed E-state index contributed by atoms with van der Waals surface area (Å²) in [6.07, 6.45) is 7.59. The number of pyridine rings is 1. The number of carbonyl (C=O) groups excluding carboxylic acids is 1. The molecule has 0 spiro atoms. The van der Waals surface area contributed by atoms with E-state index < -0.39 is 0 Å². The minimum absolute atomic E-state index is 0.0535. The number of nitrogens with one attached hydrogen (secondary N) is 1. The van der Waals surface area contributed by atoms with Crippen LogP contribution in [0, 0.1) is 5.92 Å². The van der Waals surface area contributed by atoms with Crippen LogP contribution in [0.5, 0.6) is 0 Å². The number of amides is 1. The number of nitrogens with two attached hydrogens (primary N) is 1. The Morgan fingerprint density at radius 1 is 1.41 bits per heavy atom. The van der Waals surface area contributed by atoms with E-state index in [0.29, 0.717) is 11.7 Å². The standard InChI is InChI=1S/C21H31N7O/c1-12-7-9-17(13(2)24-14(3)29)25-16(12)10-8-15-19-18(23-11-28(19)6)21(27(4)5)26-20(15)22/h7,9,11-13,16H,8,10H2,1-6H3,(H2,22,26)(H,24,29). The van der Waals surface area contributed by atoms with Crippen LogP contribution in [-0.2, 0) is 18.3 Å². The number of aryl methyl sites for hydroxylation is 2. The highest BCUT2D eigenvalue weighted by molar-refractivity contribution is 6.01. The number of hydrogen-bond acceptors (Lipinski definition) is 6. The van der Waals surface area contributed by atoms with E-state index >= 15 is 0 Å². The van der Waals surface area contributed by atoms with Gasteiger partial charge in [-0.25, -0.2) is 9.97 Å². The van der Waals surface area contributed by atoms with Crippen molar-refractivity contribution in [1.29, 1.82) is 0 Å². The van der Waals surface area contributed by atoms with Crippen molar-refractivity contribution in [2.75, 3.05) is 24.7 Å². The Kier molecular flexibility index (Phi) is 5.91. The van der Waals surface area contributed by atoms with Crippen LogP contribution in [0.15, 0.2) is 23.5 Å². The smallest absolute Gasteiger partial charge is 0.217 e. The van der Waals surface area contributed by atoms with Gasteiger partial charge >= 0.3 is 0 Å². The maximum absolute atomic E-state index is 11.4. The van der Waals surface area contributed by atoms with Crippen LogP contribution >= 0.6 is 0 Å². The topological polar surface area (TPSA) is 101 Å². The summed E-state index contributed by atoms with van der Waals surface area (Å²) in [4.78, 5) is 27.4. The van der Waals surface area contributed by atoms with Crippen molar-refractivity contribution in [2.45, 2.75) is 45.7 Å². The van der Waals surface area contributed by atoms with Crippen molar-refractivity contribution < 1.29 is 4.79 Å². The van der Waals surface area contributed by atoms with Crippen LogP contribution in [0.3, 0.4) is 0 Å². The molecule has 1 aliphatic heterocycles. The van der Waals surface area contributed by atoms with Crippen LogP contribution < -0.4 is 16.0 Å². The molecule has 0 saturated heterocycles. The maximum atomic E-state index is 11.4. The minimum Gasteiger partial charge on any atom is -0.383 e. The molecule has 156 valence electrons. The number of nitrogen functional groups attached to an aromatic ring is 1. The van der Waals surface area contributed by atoms with Gasteiger partial charge in [-0.05, 0) is 31.8 Å². The number of fused-ring (bicyclic) bond motifs is 1. The third kappa shape index (κ3) is 4.26. The molecule has 3 unspecified atom stereocenters. The highest BCUT2D eigenvalue weighted by Gasteiger charge is 2.23. The average Bonchev–Trinajstić information content (AvgIpc) is 3.02. The van der Waals surface area contributed by atoms with Crippen LogP contribution in [-0.4, -0.2) is 52.3 Å². The molecule has 0 fully saturated rings. The van der Waals surface area contributed by atoms with Gasteiger partial charge in [0.05, 0.1) is 29.6 Å². The summed E-state index contributed by atoms with van der Waals surface area (Å²) in [6.45, 7) is 5.65. The lowest BCUT2D eigenvalue weighted by molar-refractivity contribution is -0.119. The molecule has 0 bridgehead atoms. The van der Waals surface area contributed by atoms with E-state index in [4.69, 9.17) is 10.7 Å². The first-order valence-corrected chi connectivity index (χ1v) is 9.98.